The first-order valence-corrected chi connectivity index (χ1v) is 5.46. The molecule has 0 atom stereocenters. The summed E-state index contributed by atoms with van der Waals surface area (Å²) in [5.74, 6) is -0.701. The molecule has 0 bridgehead atoms. The first-order valence-electron chi connectivity index (χ1n) is 5.46. The summed E-state index contributed by atoms with van der Waals surface area (Å²) in [6.45, 7) is 5.84. The second-order valence-corrected chi connectivity index (χ2v) is 4.99. The minimum atomic E-state index is -0.719. The van der Waals surface area contributed by atoms with Gasteiger partial charge in [-0.15, -0.1) is 0 Å². The van der Waals surface area contributed by atoms with Gasteiger partial charge in [0.2, 0.25) is 0 Å². The van der Waals surface area contributed by atoms with Crippen molar-refractivity contribution >= 4 is 11.5 Å². The van der Waals surface area contributed by atoms with Gasteiger partial charge in [0.05, 0.1) is 11.5 Å². The molecule has 98 valence electrons. The number of phenolic OH excluding ortho intramolecular Hbond substituents is 1. The van der Waals surface area contributed by atoms with Gasteiger partial charge < -0.3 is 10.4 Å². The molecule has 0 amide bonds. The monoisotopic (exact) mass is 252 g/mol. The normalized spacial score (nSPS) is 11.3. The van der Waals surface area contributed by atoms with Crippen LogP contribution < -0.4 is 5.32 Å². The van der Waals surface area contributed by atoms with Gasteiger partial charge in [0, 0.05) is 17.2 Å². The first-order chi connectivity index (χ1) is 8.20. The van der Waals surface area contributed by atoms with Crippen molar-refractivity contribution < 1.29 is 14.8 Å². The summed E-state index contributed by atoms with van der Waals surface area (Å²) >= 11 is 0. The fraction of sp³-hybridized carbons (Fsp3) is 0.417. The first kappa shape index (κ1) is 14.1. The third kappa shape index (κ3) is 3.81. The molecule has 0 spiro atoms. The van der Waals surface area contributed by atoms with Gasteiger partial charge >= 0.3 is 5.69 Å². The zero-order chi connectivity index (χ0) is 13.9. The molecule has 0 saturated heterocycles. The summed E-state index contributed by atoms with van der Waals surface area (Å²) in [4.78, 5) is 21.7. The van der Waals surface area contributed by atoms with Crippen LogP contribution in [0.15, 0.2) is 18.2 Å². The van der Waals surface area contributed by atoms with E-state index in [-0.39, 0.29) is 23.4 Å². The van der Waals surface area contributed by atoms with Crippen LogP contribution in [0.5, 0.6) is 5.75 Å². The van der Waals surface area contributed by atoms with Gasteiger partial charge in [0.25, 0.3) is 0 Å². The molecule has 0 saturated carbocycles. The number of hydrogen-bond acceptors (Lipinski definition) is 5. The predicted octanol–water partition coefficient (Wildman–Crippen LogP) is 1.87. The highest BCUT2D eigenvalue weighted by Crippen LogP contribution is 2.26. The van der Waals surface area contributed by atoms with E-state index in [1.54, 1.807) is 0 Å². The number of nitro groups is 1. The SMILES string of the molecule is CC(C)(C)NCC(=O)c1ccc(O)c([N+](=O)[O-])c1. The van der Waals surface area contributed by atoms with Crippen molar-refractivity contribution in [2.75, 3.05) is 6.54 Å². The quantitative estimate of drug-likeness (QED) is 0.485. The van der Waals surface area contributed by atoms with Gasteiger partial charge in [0.1, 0.15) is 0 Å². The molecule has 0 heterocycles. The highest BCUT2D eigenvalue weighted by molar-refractivity contribution is 5.98. The average Bonchev–Trinajstić information content (AvgIpc) is 2.25. The average molecular weight is 252 g/mol. The van der Waals surface area contributed by atoms with Crippen LogP contribution in [0, 0.1) is 10.1 Å². The Hall–Kier alpha value is -1.95. The maximum absolute atomic E-state index is 11.8. The van der Waals surface area contributed by atoms with Gasteiger partial charge in [-0.3, -0.25) is 14.9 Å². The Morgan fingerprint density at radius 2 is 2.06 bits per heavy atom. The zero-order valence-corrected chi connectivity index (χ0v) is 10.6. The molecule has 0 fully saturated rings. The maximum atomic E-state index is 11.8. The third-order valence-electron chi connectivity index (χ3n) is 2.27. The fourth-order valence-corrected chi connectivity index (χ4v) is 1.29. The number of aromatic hydroxyl groups is 1. The lowest BCUT2D eigenvalue weighted by atomic mass is 10.1. The lowest BCUT2D eigenvalue weighted by Gasteiger charge is -2.19. The third-order valence-corrected chi connectivity index (χ3v) is 2.27. The Kier molecular flexibility index (Phi) is 4.03. The molecule has 6 heteroatoms. The number of nitro benzene ring substituents is 1. The number of benzene rings is 1. The van der Waals surface area contributed by atoms with Gasteiger partial charge in [-0.2, -0.15) is 0 Å². The van der Waals surface area contributed by atoms with Crippen LogP contribution in [-0.2, 0) is 0 Å². The molecule has 0 aliphatic carbocycles. The van der Waals surface area contributed by atoms with Gasteiger partial charge in [-0.1, -0.05) is 0 Å². The Bertz CT molecular complexity index is 477. The summed E-state index contributed by atoms with van der Waals surface area (Å²) in [6.07, 6.45) is 0. The molecule has 0 aromatic heterocycles. The van der Waals surface area contributed by atoms with E-state index >= 15 is 0 Å². The van der Waals surface area contributed by atoms with Crippen LogP contribution in [0.4, 0.5) is 5.69 Å². The topological polar surface area (TPSA) is 92.5 Å². The molecule has 2 N–H and O–H groups in total. The lowest BCUT2D eigenvalue weighted by Crippen LogP contribution is -2.39. The lowest BCUT2D eigenvalue weighted by molar-refractivity contribution is -0.385. The molecule has 1 aromatic carbocycles. The largest absolute Gasteiger partial charge is 0.502 e. The van der Waals surface area contributed by atoms with Crippen molar-refractivity contribution in [3.63, 3.8) is 0 Å². The maximum Gasteiger partial charge on any atom is 0.311 e. The summed E-state index contributed by atoms with van der Waals surface area (Å²) in [5.41, 5.74) is -0.466. The van der Waals surface area contributed by atoms with Crippen LogP contribution in [-0.4, -0.2) is 27.9 Å². The molecular formula is C12H16N2O4. The Morgan fingerprint density at radius 1 is 1.44 bits per heavy atom. The number of rotatable bonds is 4. The standard InChI is InChI=1S/C12H16N2O4/c1-12(2,3)13-7-11(16)8-4-5-10(15)9(6-8)14(17)18/h4-6,13,15H,7H2,1-3H3. The van der Waals surface area contributed by atoms with E-state index in [1.807, 2.05) is 20.8 Å². The summed E-state index contributed by atoms with van der Waals surface area (Å²) < 4.78 is 0. The van der Waals surface area contributed by atoms with Crippen LogP contribution in [0.3, 0.4) is 0 Å². The molecule has 6 nitrogen and oxygen atoms in total. The van der Waals surface area contributed by atoms with Gasteiger partial charge in [-0.25, -0.2) is 0 Å². The number of nitrogens with zero attached hydrogens (tertiary/aromatic N) is 1. The van der Waals surface area contributed by atoms with E-state index in [0.29, 0.717) is 0 Å². The van der Waals surface area contributed by atoms with E-state index in [0.717, 1.165) is 12.1 Å². The molecule has 1 rings (SSSR count). The van der Waals surface area contributed by atoms with Crippen LogP contribution >= 0.6 is 0 Å². The summed E-state index contributed by atoms with van der Waals surface area (Å²) in [5, 5.41) is 22.9. The molecule has 0 radical (unpaired) electrons. The number of carbonyl (C=O) groups excluding carboxylic acids is 1. The van der Waals surface area contributed by atoms with Crippen molar-refractivity contribution in [2.24, 2.45) is 0 Å². The van der Waals surface area contributed by atoms with Crippen molar-refractivity contribution in [1.29, 1.82) is 0 Å². The highest BCUT2D eigenvalue weighted by Gasteiger charge is 2.18. The highest BCUT2D eigenvalue weighted by atomic mass is 16.6. The Balaban J connectivity index is 2.87. The number of Topliss-reactive ketones (excluding diaryl/α,β-unsaturated/α-hetero) is 1. The Morgan fingerprint density at radius 3 is 2.56 bits per heavy atom. The van der Waals surface area contributed by atoms with Crippen LogP contribution in [0.25, 0.3) is 0 Å². The van der Waals surface area contributed by atoms with Gasteiger partial charge in [-0.05, 0) is 32.9 Å². The molecule has 0 aliphatic heterocycles. The van der Waals surface area contributed by atoms with Crippen molar-refractivity contribution in [3.05, 3.63) is 33.9 Å². The number of phenols is 1. The summed E-state index contributed by atoms with van der Waals surface area (Å²) in [6, 6.07) is 3.61. The van der Waals surface area contributed by atoms with E-state index in [2.05, 4.69) is 5.32 Å². The van der Waals surface area contributed by atoms with E-state index in [9.17, 15) is 20.0 Å². The molecule has 18 heavy (non-hydrogen) atoms. The summed E-state index contributed by atoms with van der Waals surface area (Å²) in [7, 11) is 0. The second-order valence-electron chi connectivity index (χ2n) is 4.99. The number of hydrogen-bond donors (Lipinski definition) is 2. The Labute approximate surface area is 105 Å². The number of carbonyl (C=O) groups is 1. The molecule has 0 unspecified atom stereocenters. The van der Waals surface area contributed by atoms with E-state index in [4.69, 9.17) is 0 Å². The second kappa shape index (κ2) is 5.14. The number of ketones is 1. The smallest absolute Gasteiger partial charge is 0.311 e. The number of nitrogens with one attached hydrogen (secondary N) is 1. The van der Waals surface area contributed by atoms with Crippen LogP contribution in [0.1, 0.15) is 31.1 Å². The van der Waals surface area contributed by atoms with Gasteiger partial charge in [0.15, 0.2) is 11.5 Å². The fourth-order valence-electron chi connectivity index (χ4n) is 1.29. The van der Waals surface area contributed by atoms with Crippen molar-refractivity contribution in [2.45, 2.75) is 26.3 Å². The zero-order valence-electron chi connectivity index (χ0n) is 10.6. The van der Waals surface area contributed by atoms with E-state index in [1.165, 1.54) is 6.07 Å². The minimum Gasteiger partial charge on any atom is -0.502 e. The van der Waals surface area contributed by atoms with Crippen molar-refractivity contribution in [3.8, 4) is 5.75 Å². The van der Waals surface area contributed by atoms with Crippen LogP contribution in [0.2, 0.25) is 0 Å². The van der Waals surface area contributed by atoms with Crippen molar-refractivity contribution in [1.82, 2.24) is 5.32 Å². The molecule has 1 aromatic rings. The molecule has 0 aliphatic rings. The minimum absolute atomic E-state index is 0.0887. The van der Waals surface area contributed by atoms with E-state index < -0.39 is 16.4 Å². The molecular weight excluding hydrogens is 236 g/mol. The predicted molar refractivity (Wildman–Crippen MR) is 66.8 cm³/mol.